The summed E-state index contributed by atoms with van der Waals surface area (Å²) in [5.74, 6) is -0.463. The van der Waals surface area contributed by atoms with Crippen LogP contribution in [0.2, 0.25) is 10.0 Å². The van der Waals surface area contributed by atoms with Crippen LogP contribution < -0.4 is 14.4 Å². The molecule has 0 radical (unpaired) electrons. The molecule has 4 aromatic rings. The summed E-state index contributed by atoms with van der Waals surface area (Å²) >= 11 is 15.0. The lowest BCUT2D eigenvalue weighted by molar-refractivity contribution is -0.132. The number of aliphatic hydroxyl groups excluding tert-OH is 1. The number of benzene rings is 3. The second-order valence-corrected chi connectivity index (χ2v) is 12.4. The molecule has 5 rings (SSSR count). The minimum absolute atomic E-state index is 0.0857. The number of carbonyl (C=O) groups is 2. The number of aromatic nitrogens is 2. The van der Waals surface area contributed by atoms with Gasteiger partial charge in [0.2, 0.25) is 5.13 Å². The number of nitrogens with zero attached hydrogens (tertiary/aromatic N) is 3. The van der Waals surface area contributed by atoms with E-state index in [9.17, 15) is 14.7 Å². The molecule has 3 aromatic carbocycles. The second kappa shape index (κ2) is 13.8. The van der Waals surface area contributed by atoms with E-state index in [0.717, 1.165) is 12.0 Å². The van der Waals surface area contributed by atoms with Crippen LogP contribution >= 0.6 is 46.3 Å². The molecular formula is C31H27Cl2N3O5S2. The van der Waals surface area contributed by atoms with Gasteiger partial charge >= 0.3 is 5.91 Å². The topological polar surface area (TPSA) is 102 Å². The van der Waals surface area contributed by atoms with Crippen LogP contribution in [0.15, 0.2) is 76.6 Å². The zero-order chi connectivity index (χ0) is 30.5. The van der Waals surface area contributed by atoms with E-state index in [-0.39, 0.29) is 16.5 Å². The minimum Gasteiger partial charge on any atom is -0.507 e. The van der Waals surface area contributed by atoms with Gasteiger partial charge in [0.25, 0.3) is 5.78 Å². The first-order chi connectivity index (χ1) is 20.8. The molecule has 12 heteroatoms. The molecule has 0 saturated carbocycles. The van der Waals surface area contributed by atoms with Crippen molar-refractivity contribution < 1.29 is 24.2 Å². The van der Waals surface area contributed by atoms with Gasteiger partial charge < -0.3 is 14.6 Å². The fourth-order valence-corrected chi connectivity index (χ4v) is 6.80. The van der Waals surface area contributed by atoms with Crippen LogP contribution in [-0.2, 0) is 15.3 Å². The summed E-state index contributed by atoms with van der Waals surface area (Å²) in [5.41, 5.74) is 1.72. The molecular weight excluding hydrogens is 629 g/mol. The highest BCUT2D eigenvalue weighted by molar-refractivity contribution is 8.00. The fourth-order valence-electron chi connectivity index (χ4n) is 4.52. The normalized spacial score (nSPS) is 16.1. The molecule has 43 heavy (non-hydrogen) atoms. The summed E-state index contributed by atoms with van der Waals surface area (Å²) in [7, 11) is 0. The fraction of sp³-hybridized carbons (Fsp3) is 0.226. The molecule has 0 spiro atoms. The van der Waals surface area contributed by atoms with Gasteiger partial charge in [-0.15, -0.1) is 10.2 Å². The van der Waals surface area contributed by atoms with Gasteiger partial charge in [0.15, 0.2) is 15.8 Å². The second-order valence-electron chi connectivity index (χ2n) is 9.39. The molecule has 8 nitrogen and oxygen atoms in total. The van der Waals surface area contributed by atoms with Crippen molar-refractivity contribution >= 4 is 68.9 Å². The van der Waals surface area contributed by atoms with Crippen molar-refractivity contribution in [3.63, 3.8) is 0 Å². The van der Waals surface area contributed by atoms with Crippen LogP contribution in [0.5, 0.6) is 11.5 Å². The first kappa shape index (κ1) is 30.9. The van der Waals surface area contributed by atoms with Gasteiger partial charge in [-0.2, -0.15) is 0 Å². The molecule has 222 valence electrons. The van der Waals surface area contributed by atoms with Crippen molar-refractivity contribution in [1.29, 1.82) is 0 Å². The van der Waals surface area contributed by atoms with Gasteiger partial charge in [-0.25, -0.2) is 0 Å². The molecule has 0 aliphatic carbocycles. The first-order valence-corrected chi connectivity index (χ1v) is 16.0. The largest absolute Gasteiger partial charge is 0.507 e. The Morgan fingerprint density at radius 3 is 2.49 bits per heavy atom. The molecule has 1 unspecified atom stereocenters. The van der Waals surface area contributed by atoms with E-state index < -0.39 is 17.7 Å². The molecule has 1 aromatic heterocycles. The average Bonchev–Trinajstić information content (AvgIpc) is 3.58. The maximum absolute atomic E-state index is 13.6. The number of rotatable bonds is 11. The van der Waals surface area contributed by atoms with Crippen molar-refractivity contribution in [3.05, 3.63) is 99.0 Å². The van der Waals surface area contributed by atoms with Crippen LogP contribution in [0.4, 0.5) is 5.13 Å². The highest BCUT2D eigenvalue weighted by Crippen LogP contribution is 2.46. The van der Waals surface area contributed by atoms with Gasteiger partial charge in [-0.05, 0) is 66.9 Å². The number of amides is 1. The maximum Gasteiger partial charge on any atom is 0.301 e. The lowest BCUT2D eigenvalue weighted by Gasteiger charge is -2.23. The Morgan fingerprint density at radius 1 is 1.00 bits per heavy atom. The number of anilines is 1. The number of carbonyl (C=O) groups excluding carboxylic acids is 2. The van der Waals surface area contributed by atoms with Crippen LogP contribution in [0.3, 0.4) is 0 Å². The molecule has 0 bridgehead atoms. The van der Waals surface area contributed by atoms with E-state index in [2.05, 4.69) is 10.2 Å². The van der Waals surface area contributed by atoms with Gasteiger partial charge in [-0.1, -0.05) is 77.5 Å². The van der Waals surface area contributed by atoms with Crippen molar-refractivity contribution in [2.45, 2.75) is 36.4 Å². The van der Waals surface area contributed by atoms with Crippen LogP contribution in [0, 0.1) is 0 Å². The Bertz CT molecular complexity index is 1680. The van der Waals surface area contributed by atoms with E-state index in [1.54, 1.807) is 42.5 Å². The summed E-state index contributed by atoms with van der Waals surface area (Å²) in [5, 5.41) is 21.3. The number of aliphatic hydroxyl groups is 1. The highest BCUT2D eigenvalue weighted by atomic mass is 35.5. The number of halogens is 2. The van der Waals surface area contributed by atoms with Crippen molar-refractivity contribution in [2.24, 2.45) is 0 Å². The third-order valence-electron chi connectivity index (χ3n) is 6.52. The average molecular weight is 657 g/mol. The SMILES string of the molecule is CCCOc1ccc(C2/C(=C(\O)c3ccc(Cl)cc3)C(=O)C(=O)N2c2nnc(SCc3ccccc3Cl)s2)cc1OCC. The van der Waals surface area contributed by atoms with Gasteiger partial charge in [0.1, 0.15) is 5.76 Å². The number of Topliss-reactive ketones (excluding diaryl/α,β-unsaturated/α-hetero) is 1. The Hall–Kier alpha value is -3.57. The third kappa shape index (κ3) is 6.67. The summed E-state index contributed by atoms with van der Waals surface area (Å²) in [6.45, 7) is 4.72. The van der Waals surface area contributed by atoms with Crippen LogP contribution in [0.1, 0.15) is 43.0 Å². The van der Waals surface area contributed by atoms with E-state index in [0.29, 0.717) is 56.0 Å². The molecule has 2 heterocycles. The van der Waals surface area contributed by atoms with Gasteiger partial charge in [0.05, 0.1) is 24.8 Å². The smallest absolute Gasteiger partial charge is 0.301 e. The van der Waals surface area contributed by atoms with Gasteiger partial charge in [-0.3, -0.25) is 14.5 Å². The standard InChI is InChI=1S/C31H27Cl2N3O5S2/c1-3-15-41-23-14-11-19(16-24(23)40-4-2)26-25(27(37)18-9-12-21(32)13-10-18)28(38)29(39)36(26)30-34-35-31(43-30)42-17-20-7-5-6-8-22(20)33/h5-14,16,26,37H,3-4,15,17H2,1-2H3/b27-25+. The van der Waals surface area contributed by atoms with Gasteiger partial charge in [0, 0.05) is 21.4 Å². The molecule has 1 fully saturated rings. The molecule has 1 saturated heterocycles. The zero-order valence-electron chi connectivity index (χ0n) is 23.3. The predicted molar refractivity (Wildman–Crippen MR) is 171 cm³/mol. The number of hydrogen-bond acceptors (Lipinski definition) is 9. The van der Waals surface area contributed by atoms with E-state index >= 15 is 0 Å². The van der Waals surface area contributed by atoms with Crippen molar-refractivity contribution in [1.82, 2.24) is 10.2 Å². The molecule has 1 aliphatic rings. The highest BCUT2D eigenvalue weighted by Gasteiger charge is 2.48. The Balaban J connectivity index is 1.58. The van der Waals surface area contributed by atoms with E-state index in [1.165, 1.54) is 28.0 Å². The number of ketones is 1. The first-order valence-electron chi connectivity index (χ1n) is 13.5. The minimum atomic E-state index is -1.01. The Kier molecular flexibility index (Phi) is 9.92. The number of ether oxygens (including phenoxy) is 2. The number of thioether (sulfide) groups is 1. The third-order valence-corrected chi connectivity index (χ3v) is 9.24. The van der Waals surface area contributed by atoms with Crippen LogP contribution in [-0.4, -0.2) is 40.2 Å². The summed E-state index contributed by atoms with van der Waals surface area (Å²) in [6, 6.07) is 18.1. The monoisotopic (exact) mass is 655 g/mol. The van der Waals surface area contributed by atoms with E-state index in [4.69, 9.17) is 32.7 Å². The lowest BCUT2D eigenvalue weighted by Crippen LogP contribution is -2.29. The predicted octanol–water partition coefficient (Wildman–Crippen LogP) is 7.95. The Labute approximate surface area is 267 Å². The lowest BCUT2D eigenvalue weighted by atomic mass is 9.95. The quantitative estimate of drug-likeness (QED) is 0.0571. The Morgan fingerprint density at radius 2 is 1.77 bits per heavy atom. The number of hydrogen-bond donors (Lipinski definition) is 1. The maximum atomic E-state index is 13.6. The van der Waals surface area contributed by atoms with Crippen LogP contribution in [0.25, 0.3) is 5.76 Å². The molecule has 1 amide bonds. The summed E-state index contributed by atoms with van der Waals surface area (Å²) < 4.78 is 12.3. The summed E-state index contributed by atoms with van der Waals surface area (Å²) in [4.78, 5) is 28.5. The summed E-state index contributed by atoms with van der Waals surface area (Å²) in [6.07, 6.45) is 0.808. The van der Waals surface area contributed by atoms with E-state index in [1.807, 2.05) is 38.1 Å². The van der Waals surface area contributed by atoms with Crippen molar-refractivity contribution in [2.75, 3.05) is 18.1 Å². The zero-order valence-corrected chi connectivity index (χ0v) is 26.4. The molecule has 1 atom stereocenters. The molecule has 1 aliphatic heterocycles. The van der Waals surface area contributed by atoms with Crippen molar-refractivity contribution in [3.8, 4) is 11.5 Å². The molecule has 1 N–H and O–H groups in total.